The number of hydrogen-bond donors (Lipinski definition) is 1. The van der Waals surface area contributed by atoms with Crippen LogP contribution in [0.2, 0.25) is 0 Å². The van der Waals surface area contributed by atoms with Gasteiger partial charge in [-0.05, 0) is 19.3 Å². The third-order valence-electron chi connectivity index (χ3n) is 4.71. The predicted octanol–water partition coefficient (Wildman–Crippen LogP) is 4.26. The first-order chi connectivity index (χ1) is 11.9. The van der Waals surface area contributed by atoms with Crippen molar-refractivity contribution in [3.05, 3.63) is 36.7 Å². The van der Waals surface area contributed by atoms with E-state index < -0.39 is 0 Å². The first kappa shape index (κ1) is 15.1. The maximum absolute atomic E-state index is 4.92. The molecule has 1 fully saturated rings. The summed E-state index contributed by atoms with van der Waals surface area (Å²) in [6.45, 7) is 3.08. The first-order valence-corrected chi connectivity index (χ1v) is 8.90. The summed E-state index contributed by atoms with van der Waals surface area (Å²) in [7, 11) is 0. The Balaban J connectivity index is 1.82. The van der Waals surface area contributed by atoms with Gasteiger partial charge in [0.05, 0.1) is 0 Å². The van der Waals surface area contributed by atoms with E-state index in [0.29, 0.717) is 6.04 Å². The van der Waals surface area contributed by atoms with Crippen molar-refractivity contribution in [2.45, 2.75) is 51.6 Å². The van der Waals surface area contributed by atoms with E-state index in [-0.39, 0.29) is 0 Å². The highest BCUT2D eigenvalue weighted by molar-refractivity contribution is 5.86. The Hall–Kier alpha value is -2.43. The predicted molar refractivity (Wildman–Crippen MR) is 96.9 cm³/mol. The third kappa shape index (κ3) is 2.75. The van der Waals surface area contributed by atoms with Gasteiger partial charge in [-0.1, -0.05) is 50.1 Å². The number of hydrogen-bond acceptors (Lipinski definition) is 4. The van der Waals surface area contributed by atoms with Crippen molar-refractivity contribution < 1.29 is 0 Å². The molecule has 0 atom stereocenters. The summed E-state index contributed by atoms with van der Waals surface area (Å²) in [4.78, 5) is 13.9. The van der Waals surface area contributed by atoms with Crippen LogP contribution >= 0.6 is 0 Å². The minimum Gasteiger partial charge on any atom is -0.365 e. The van der Waals surface area contributed by atoms with E-state index in [9.17, 15) is 0 Å². The highest BCUT2D eigenvalue weighted by Crippen LogP contribution is 2.29. The molecule has 1 saturated carbocycles. The lowest BCUT2D eigenvalue weighted by atomic mass is 10.2. The number of fused-ring (bicyclic) bond motifs is 1. The van der Waals surface area contributed by atoms with Crippen molar-refractivity contribution >= 4 is 17.0 Å². The maximum atomic E-state index is 4.92. The van der Waals surface area contributed by atoms with E-state index in [1.54, 1.807) is 6.33 Å². The first-order valence-electron chi connectivity index (χ1n) is 8.90. The van der Waals surface area contributed by atoms with Gasteiger partial charge in [0, 0.05) is 18.2 Å². The van der Waals surface area contributed by atoms with Crippen LogP contribution in [-0.2, 0) is 6.54 Å². The Morgan fingerprint density at radius 1 is 1.12 bits per heavy atom. The molecule has 0 bridgehead atoms. The summed E-state index contributed by atoms with van der Waals surface area (Å²) in [6.07, 6.45) is 7.72. The van der Waals surface area contributed by atoms with Crippen LogP contribution < -0.4 is 5.32 Å². The summed E-state index contributed by atoms with van der Waals surface area (Å²) in [5, 5.41) is 3.59. The number of aryl methyl sites for hydroxylation is 1. The molecule has 1 aromatic carbocycles. The van der Waals surface area contributed by atoms with Gasteiger partial charge in [-0.2, -0.15) is 0 Å². The zero-order valence-corrected chi connectivity index (χ0v) is 14.1. The van der Waals surface area contributed by atoms with Crippen molar-refractivity contribution in [2.24, 2.45) is 0 Å². The fourth-order valence-corrected chi connectivity index (χ4v) is 3.55. The number of nitrogens with zero attached hydrogens (tertiary/aromatic N) is 4. The molecule has 1 N–H and O–H groups in total. The van der Waals surface area contributed by atoms with Gasteiger partial charge in [-0.15, -0.1) is 0 Å². The molecule has 0 amide bonds. The molecule has 5 heteroatoms. The fourth-order valence-electron chi connectivity index (χ4n) is 3.55. The van der Waals surface area contributed by atoms with Gasteiger partial charge in [0.1, 0.15) is 12.2 Å². The molecule has 0 aliphatic heterocycles. The summed E-state index contributed by atoms with van der Waals surface area (Å²) in [5.41, 5.74) is 2.93. The minimum absolute atomic E-state index is 0.514. The third-order valence-corrected chi connectivity index (χ3v) is 4.71. The SMILES string of the molecule is CCCn1c(-c2ccccc2)nc2c(NC3CCCC3)ncnc21. The summed E-state index contributed by atoms with van der Waals surface area (Å²) >= 11 is 0. The van der Waals surface area contributed by atoms with E-state index in [4.69, 9.17) is 4.98 Å². The fraction of sp³-hybridized carbons (Fsp3) is 0.421. The normalized spacial score (nSPS) is 15.2. The molecule has 0 spiro atoms. The average molecular weight is 321 g/mol. The number of imidazole rings is 1. The Labute approximate surface area is 142 Å². The largest absolute Gasteiger partial charge is 0.365 e. The van der Waals surface area contributed by atoms with Gasteiger partial charge >= 0.3 is 0 Å². The molecule has 1 aliphatic carbocycles. The smallest absolute Gasteiger partial charge is 0.165 e. The summed E-state index contributed by atoms with van der Waals surface area (Å²) in [6, 6.07) is 10.8. The molecule has 2 aromatic heterocycles. The lowest BCUT2D eigenvalue weighted by molar-refractivity contribution is 0.698. The molecular weight excluding hydrogens is 298 g/mol. The minimum atomic E-state index is 0.514. The molecule has 1 aliphatic rings. The van der Waals surface area contributed by atoms with Crippen molar-refractivity contribution in [1.82, 2.24) is 19.5 Å². The Morgan fingerprint density at radius 3 is 2.67 bits per heavy atom. The molecule has 24 heavy (non-hydrogen) atoms. The molecule has 0 saturated heterocycles. The van der Waals surface area contributed by atoms with Crippen LogP contribution in [0.1, 0.15) is 39.0 Å². The van der Waals surface area contributed by atoms with Crippen LogP contribution in [0.4, 0.5) is 5.82 Å². The van der Waals surface area contributed by atoms with E-state index in [1.165, 1.54) is 25.7 Å². The van der Waals surface area contributed by atoms with Gasteiger partial charge in [-0.3, -0.25) is 0 Å². The monoisotopic (exact) mass is 321 g/mol. The molecular formula is C19H23N5. The lowest BCUT2D eigenvalue weighted by Gasteiger charge is -2.12. The van der Waals surface area contributed by atoms with E-state index in [2.05, 4.69) is 38.9 Å². The van der Waals surface area contributed by atoms with E-state index in [1.807, 2.05) is 18.2 Å². The molecule has 2 heterocycles. The van der Waals surface area contributed by atoms with E-state index in [0.717, 1.165) is 41.3 Å². The van der Waals surface area contributed by atoms with Crippen LogP contribution in [0.3, 0.4) is 0 Å². The topological polar surface area (TPSA) is 55.6 Å². The van der Waals surface area contributed by atoms with Crippen LogP contribution in [-0.4, -0.2) is 25.6 Å². The van der Waals surface area contributed by atoms with Crippen molar-refractivity contribution in [1.29, 1.82) is 0 Å². The number of anilines is 1. The van der Waals surface area contributed by atoms with Crippen LogP contribution in [0, 0.1) is 0 Å². The number of nitrogens with one attached hydrogen (secondary N) is 1. The molecule has 5 nitrogen and oxygen atoms in total. The van der Waals surface area contributed by atoms with Crippen molar-refractivity contribution in [2.75, 3.05) is 5.32 Å². The van der Waals surface area contributed by atoms with E-state index >= 15 is 0 Å². The maximum Gasteiger partial charge on any atom is 0.165 e. The van der Waals surface area contributed by atoms with Gasteiger partial charge < -0.3 is 9.88 Å². The zero-order chi connectivity index (χ0) is 16.4. The number of aromatic nitrogens is 4. The van der Waals surface area contributed by atoms with Gasteiger partial charge in [0.2, 0.25) is 0 Å². The van der Waals surface area contributed by atoms with Crippen LogP contribution in [0.25, 0.3) is 22.6 Å². The summed E-state index contributed by atoms with van der Waals surface area (Å²) in [5.74, 6) is 1.85. The van der Waals surface area contributed by atoms with Gasteiger partial charge in [0.15, 0.2) is 17.0 Å². The highest BCUT2D eigenvalue weighted by atomic mass is 15.2. The zero-order valence-electron chi connectivity index (χ0n) is 14.1. The standard InChI is InChI=1S/C19H23N5/c1-2-12-24-18(14-8-4-3-5-9-14)23-16-17(20-13-21-19(16)24)22-15-10-6-7-11-15/h3-5,8-9,13,15H,2,6-7,10-12H2,1H3,(H,20,21,22). The molecule has 0 unspecified atom stereocenters. The lowest BCUT2D eigenvalue weighted by Crippen LogP contribution is -2.16. The highest BCUT2D eigenvalue weighted by Gasteiger charge is 2.20. The van der Waals surface area contributed by atoms with Crippen molar-refractivity contribution in [3.8, 4) is 11.4 Å². The molecule has 3 aromatic rings. The Bertz CT molecular complexity index is 818. The number of rotatable bonds is 5. The van der Waals surface area contributed by atoms with Gasteiger partial charge in [0.25, 0.3) is 0 Å². The molecule has 0 radical (unpaired) electrons. The second-order valence-corrected chi connectivity index (χ2v) is 6.47. The molecule has 124 valence electrons. The van der Waals surface area contributed by atoms with Crippen molar-refractivity contribution in [3.63, 3.8) is 0 Å². The van der Waals surface area contributed by atoms with Crippen LogP contribution in [0.15, 0.2) is 36.7 Å². The Morgan fingerprint density at radius 2 is 1.92 bits per heavy atom. The number of benzene rings is 1. The quantitative estimate of drug-likeness (QED) is 0.763. The Kier molecular flexibility index (Phi) is 4.15. The second kappa shape index (κ2) is 6.59. The average Bonchev–Trinajstić information content (AvgIpc) is 3.25. The van der Waals surface area contributed by atoms with Gasteiger partial charge in [-0.25, -0.2) is 15.0 Å². The second-order valence-electron chi connectivity index (χ2n) is 6.47. The summed E-state index contributed by atoms with van der Waals surface area (Å²) < 4.78 is 2.21. The van der Waals surface area contributed by atoms with Crippen LogP contribution in [0.5, 0.6) is 0 Å². The molecule has 4 rings (SSSR count).